The molecular formula is C15H29N3O. The molecule has 0 aromatic rings. The van der Waals surface area contributed by atoms with Gasteiger partial charge in [-0.15, -0.1) is 0 Å². The second-order valence-electron chi connectivity index (χ2n) is 7.12. The molecule has 0 aromatic heterocycles. The fraction of sp³-hybridized carbons (Fsp3) is 0.933. The zero-order valence-corrected chi connectivity index (χ0v) is 12.7. The van der Waals surface area contributed by atoms with Gasteiger partial charge in [-0.25, -0.2) is 0 Å². The topological polar surface area (TPSA) is 59.6 Å². The molecule has 4 heteroatoms. The van der Waals surface area contributed by atoms with Crippen LogP contribution in [0.4, 0.5) is 0 Å². The molecule has 1 unspecified atom stereocenters. The summed E-state index contributed by atoms with van der Waals surface area (Å²) < 4.78 is 6.28. The van der Waals surface area contributed by atoms with Crippen LogP contribution in [0.15, 0.2) is 4.99 Å². The van der Waals surface area contributed by atoms with E-state index in [1.165, 1.54) is 38.5 Å². The molecule has 0 amide bonds. The monoisotopic (exact) mass is 267 g/mol. The van der Waals surface area contributed by atoms with E-state index in [4.69, 9.17) is 10.5 Å². The van der Waals surface area contributed by atoms with E-state index in [0.717, 1.165) is 6.42 Å². The van der Waals surface area contributed by atoms with Gasteiger partial charge in [-0.2, -0.15) is 0 Å². The van der Waals surface area contributed by atoms with Crippen LogP contribution in [0.3, 0.4) is 0 Å². The highest BCUT2D eigenvalue weighted by Crippen LogP contribution is 2.41. The summed E-state index contributed by atoms with van der Waals surface area (Å²) in [6.45, 7) is 6.94. The predicted molar refractivity (Wildman–Crippen MR) is 79.3 cm³/mol. The third kappa shape index (κ3) is 4.37. The lowest BCUT2D eigenvalue weighted by Crippen LogP contribution is -2.45. The average Bonchev–Trinajstić information content (AvgIpc) is 2.69. The van der Waals surface area contributed by atoms with E-state index in [1.807, 2.05) is 0 Å². The van der Waals surface area contributed by atoms with Crippen LogP contribution < -0.4 is 11.1 Å². The van der Waals surface area contributed by atoms with Gasteiger partial charge in [0, 0.05) is 5.54 Å². The van der Waals surface area contributed by atoms with E-state index >= 15 is 0 Å². The number of aliphatic imine (C=N–C) groups is 1. The normalized spacial score (nSPS) is 27.7. The maximum absolute atomic E-state index is 6.28. The molecule has 1 spiro atoms. The van der Waals surface area contributed by atoms with Crippen molar-refractivity contribution in [2.24, 2.45) is 10.7 Å². The summed E-state index contributed by atoms with van der Waals surface area (Å²) in [6, 6.07) is 0. The van der Waals surface area contributed by atoms with E-state index in [1.54, 1.807) is 0 Å². The Morgan fingerprint density at radius 2 is 1.95 bits per heavy atom. The predicted octanol–water partition coefficient (Wildman–Crippen LogP) is 2.57. The lowest BCUT2D eigenvalue weighted by Gasteiger charge is -2.33. The van der Waals surface area contributed by atoms with Crippen LogP contribution in [0.5, 0.6) is 0 Å². The zero-order valence-electron chi connectivity index (χ0n) is 12.7. The number of nitrogens with two attached hydrogens (primary N) is 1. The summed E-state index contributed by atoms with van der Waals surface area (Å²) in [7, 11) is 0. The third-order valence-corrected chi connectivity index (χ3v) is 4.07. The third-order valence-electron chi connectivity index (χ3n) is 4.07. The van der Waals surface area contributed by atoms with Crippen molar-refractivity contribution in [2.45, 2.75) is 83.0 Å². The van der Waals surface area contributed by atoms with E-state index < -0.39 is 0 Å². The Labute approximate surface area is 117 Å². The minimum absolute atomic E-state index is 0.0330. The molecule has 0 aromatic carbocycles. The molecule has 1 aliphatic carbocycles. The molecule has 0 radical (unpaired) electrons. The van der Waals surface area contributed by atoms with Gasteiger partial charge in [-0.05, 0) is 46.5 Å². The Bertz CT molecular complexity index is 327. The molecule has 1 atom stereocenters. The van der Waals surface area contributed by atoms with Crippen LogP contribution >= 0.6 is 0 Å². The highest BCUT2D eigenvalue weighted by molar-refractivity contribution is 5.78. The fourth-order valence-corrected chi connectivity index (χ4v) is 3.21. The number of hydrogen-bond donors (Lipinski definition) is 2. The Morgan fingerprint density at radius 3 is 2.58 bits per heavy atom. The standard InChI is InChI=1S/C15H29N3O/c1-14(2,3)18-13(16)17-11-12-7-10-15(19-12)8-5-4-6-9-15/h12H,4-11H2,1-3H3,(H3,16,17,18). The molecule has 2 rings (SSSR count). The molecular weight excluding hydrogens is 238 g/mol. The second-order valence-corrected chi connectivity index (χ2v) is 7.12. The summed E-state index contributed by atoms with van der Waals surface area (Å²) in [6.07, 6.45) is 9.10. The number of guanidine groups is 1. The molecule has 1 heterocycles. The maximum Gasteiger partial charge on any atom is 0.189 e. The van der Waals surface area contributed by atoms with Crippen molar-refractivity contribution in [3.63, 3.8) is 0 Å². The Balaban J connectivity index is 1.80. The van der Waals surface area contributed by atoms with Crippen LogP contribution in [-0.2, 0) is 4.74 Å². The summed E-state index contributed by atoms with van der Waals surface area (Å²) in [5, 5.41) is 3.19. The molecule has 1 aliphatic heterocycles. The SMILES string of the molecule is CC(C)(C)NC(N)=NCC1CCC2(CCCCC2)O1. The molecule has 3 N–H and O–H groups in total. The first kappa shape index (κ1) is 14.6. The van der Waals surface area contributed by atoms with Crippen molar-refractivity contribution in [3.05, 3.63) is 0 Å². The Morgan fingerprint density at radius 1 is 1.26 bits per heavy atom. The van der Waals surface area contributed by atoms with Crippen LogP contribution in [0.1, 0.15) is 65.7 Å². The molecule has 4 nitrogen and oxygen atoms in total. The number of hydrogen-bond acceptors (Lipinski definition) is 2. The van der Waals surface area contributed by atoms with E-state index in [0.29, 0.717) is 12.5 Å². The number of nitrogens with zero attached hydrogens (tertiary/aromatic N) is 1. The second kappa shape index (κ2) is 5.70. The number of rotatable bonds is 2. The highest BCUT2D eigenvalue weighted by Gasteiger charge is 2.40. The van der Waals surface area contributed by atoms with Gasteiger partial charge in [0.05, 0.1) is 18.2 Å². The molecule has 2 fully saturated rings. The lowest BCUT2D eigenvalue weighted by atomic mass is 9.83. The van der Waals surface area contributed by atoms with Crippen LogP contribution in [0.25, 0.3) is 0 Å². The molecule has 2 aliphatic rings. The first-order valence-electron chi connectivity index (χ1n) is 7.65. The van der Waals surface area contributed by atoms with Crippen molar-refractivity contribution in [1.82, 2.24) is 5.32 Å². The van der Waals surface area contributed by atoms with E-state index in [9.17, 15) is 0 Å². The van der Waals surface area contributed by atoms with Gasteiger partial charge >= 0.3 is 0 Å². The van der Waals surface area contributed by atoms with Crippen molar-refractivity contribution in [2.75, 3.05) is 6.54 Å². The van der Waals surface area contributed by atoms with Crippen LogP contribution in [0, 0.1) is 0 Å². The highest BCUT2D eigenvalue weighted by atomic mass is 16.5. The number of ether oxygens (including phenoxy) is 1. The van der Waals surface area contributed by atoms with Gasteiger partial charge in [0.15, 0.2) is 5.96 Å². The van der Waals surface area contributed by atoms with Crippen LogP contribution in [-0.4, -0.2) is 29.7 Å². The van der Waals surface area contributed by atoms with E-state index in [-0.39, 0.29) is 17.2 Å². The summed E-state index contributed by atoms with van der Waals surface area (Å²) in [5.41, 5.74) is 6.04. The smallest absolute Gasteiger partial charge is 0.189 e. The number of nitrogens with one attached hydrogen (secondary N) is 1. The molecule has 1 saturated carbocycles. The largest absolute Gasteiger partial charge is 0.370 e. The average molecular weight is 267 g/mol. The minimum atomic E-state index is -0.0330. The van der Waals surface area contributed by atoms with E-state index in [2.05, 4.69) is 31.1 Å². The summed E-state index contributed by atoms with van der Waals surface area (Å²) in [5.74, 6) is 0.528. The van der Waals surface area contributed by atoms with Gasteiger partial charge in [-0.3, -0.25) is 4.99 Å². The van der Waals surface area contributed by atoms with Gasteiger partial charge < -0.3 is 15.8 Å². The van der Waals surface area contributed by atoms with Crippen molar-refractivity contribution in [3.8, 4) is 0 Å². The van der Waals surface area contributed by atoms with Crippen molar-refractivity contribution in [1.29, 1.82) is 0 Å². The molecule has 19 heavy (non-hydrogen) atoms. The maximum atomic E-state index is 6.28. The zero-order chi connectivity index (χ0) is 13.9. The Kier molecular flexibility index (Phi) is 4.39. The first-order valence-corrected chi connectivity index (χ1v) is 7.65. The minimum Gasteiger partial charge on any atom is -0.370 e. The van der Waals surface area contributed by atoms with Gasteiger partial charge in [0.25, 0.3) is 0 Å². The fourth-order valence-electron chi connectivity index (χ4n) is 3.21. The quantitative estimate of drug-likeness (QED) is 0.597. The first-order chi connectivity index (χ1) is 8.89. The summed E-state index contributed by atoms with van der Waals surface area (Å²) >= 11 is 0. The molecule has 1 saturated heterocycles. The molecule has 0 bridgehead atoms. The summed E-state index contributed by atoms with van der Waals surface area (Å²) in [4.78, 5) is 4.43. The lowest BCUT2D eigenvalue weighted by molar-refractivity contribution is -0.0599. The van der Waals surface area contributed by atoms with Gasteiger partial charge in [0.1, 0.15) is 0 Å². The van der Waals surface area contributed by atoms with Gasteiger partial charge in [-0.1, -0.05) is 19.3 Å². The van der Waals surface area contributed by atoms with Gasteiger partial charge in [0.2, 0.25) is 0 Å². The van der Waals surface area contributed by atoms with Crippen LogP contribution in [0.2, 0.25) is 0 Å². The molecule has 110 valence electrons. The Hall–Kier alpha value is -0.770. The van der Waals surface area contributed by atoms with Crippen molar-refractivity contribution < 1.29 is 4.74 Å². The van der Waals surface area contributed by atoms with Crippen molar-refractivity contribution >= 4 is 5.96 Å².